The smallest absolute Gasteiger partial charge is 0.377 e. The molecule has 0 radical (unpaired) electrons. The van der Waals surface area contributed by atoms with Gasteiger partial charge in [0.1, 0.15) is 0 Å². The zero-order valence-electron chi connectivity index (χ0n) is 10.3. The molecule has 0 fully saturated rings. The largest absolute Gasteiger partial charge is 0.500 e. The van der Waals surface area contributed by atoms with Crippen LogP contribution < -0.4 is 6.15 Å². The molecule has 0 rings (SSSR count). The molecule has 0 aliphatic rings. The normalized spacial score (nSPS) is 12.4. The van der Waals surface area contributed by atoms with Gasteiger partial charge in [0, 0.05) is 27.4 Å². The van der Waals surface area contributed by atoms with Crippen LogP contribution in [0.15, 0.2) is 0 Å². The third kappa shape index (κ3) is 5.72. The van der Waals surface area contributed by atoms with Crippen LogP contribution in [-0.4, -0.2) is 30.1 Å². The summed E-state index contributed by atoms with van der Waals surface area (Å²) in [4.78, 5) is 0. The maximum absolute atomic E-state index is 5.33. The molecule has 0 atom stereocenters. The Morgan fingerprint density at radius 2 is 1.29 bits per heavy atom. The van der Waals surface area contributed by atoms with Crippen LogP contribution in [0.1, 0.15) is 27.2 Å². The summed E-state index contributed by atoms with van der Waals surface area (Å²) in [5, 5.41) is 0. The van der Waals surface area contributed by atoms with E-state index in [1.54, 1.807) is 21.3 Å². The first kappa shape index (κ1) is 16.5. The lowest BCUT2D eigenvalue weighted by molar-refractivity contribution is 0.119. The quantitative estimate of drug-likeness (QED) is 0.727. The average molecular weight is 223 g/mol. The summed E-state index contributed by atoms with van der Waals surface area (Å²) in [6, 6.07) is 0.875. The minimum Gasteiger partial charge on any atom is -0.377 e. The Morgan fingerprint density at radius 1 is 0.929 bits per heavy atom. The summed E-state index contributed by atoms with van der Waals surface area (Å²) < 4.78 is 16.0. The molecule has 14 heavy (non-hydrogen) atoms. The van der Waals surface area contributed by atoms with Gasteiger partial charge < -0.3 is 19.4 Å². The molecule has 0 aliphatic heterocycles. The Balaban J connectivity index is 0. The summed E-state index contributed by atoms with van der Waals surface area (Å²) >= 11 is 0. The average Bonchev–Trinajstić information content (AvgIpc) is 2.06. The molecule has 0 aromatic carbocycles. The molecule has 0 aromatic rings. The van der Waals surface area contributed by atoms with Crippen LogP contribution in [0.5, 0.6) is 0 Å². The number of rotatable bonds is 5. The topological polar surface area (TPSA) is 62.7 Å². The fraction of sp³-hybridized carbons (Fsp3) is 1.00. The molecule has 0 spiro atoms. The van der Waals surface area contributed by atoms with Crippen molar-refractivity contribution in [1.29, 1.82) is 0 Å². The second-order valence-electron chi connectivity index (χ2n) is 4.36. The fourth-order valence-corrected chi connectivity index (χ4v) is 3.25. The zero-order valence-corrected chi connectivity index (χ0v) is 11.3. The highest BCUT2D eigenvalue weighted by Crippen LogP contribution is 2.26. The van der Waals surface area contributed by atoms with Crippen LogP contribution in [-0.2, 0) is 13.3 Å². The van der Waals surface area contributed by atoms with E-state index < -0.39 is 8.80 Å². The molecule has 88 valence electrons. The van der Waals surface area contributed by atoms with Crippen molar-refractivity contribution >= 4 is 8.80 Å². The third-order valence-corrected chi connectivity index (χ3v) is 4.84. The van der Waals surface area contributed by atoms with Crippen LogP contribution in [0.25, 0.3) is 0 Å². The maximum atomic E-state index is 5.33. The summed E-state index contributed by atoms with van der Waals surface area (Å²) in [6.45, 7) is 6.60. The lowest BCUT2D eigenvalue weighted by atomic mass is 9.94. The van der Waals surface area contributed by atoms with Gasteiger partial charge in [-0.3, -0.25) is 0 Å². The van der Waals surface area contributed by atoms with E-state index in [9.17, 15) is 0 Å². The van der Waals surface area contributed by atoms with Crippen LogP contribution in [0.2, 0.25) is 6.04 Å². The zero-order chi connectivity index (χ0) is 10.5. The van der Waals surface area contributed by atoms with Gasteiger partial charge in [0.05, 0.1) is 0 Å². The van der Waals surface area contributed by atoms with E-state index in [1.807, 2.05) is 0 Å². The molecule has 0 saturated carbocycles. The van der Waals surface area contributed by atoms with E-state index >= 15 is 0 Å². The second-order valence-corrected chi connectivity index (χ2v) is 7.45. The summed E-state index contributed by atoms with van der Waals surface area (Å²) in [5.41, 5.74) is 0.299. The highest BCUT2D eigenvalue weighted by molar-refractivity contribution is 6.60. The molecular formula is C9H25NO3Si. The predicted molar refractivity (Wildman–Crippen MR) is 60.7 cm³/mol. The molecular weight excluding hydrogens is 198 g/mol. The Labute approximate surface area is 88.9 Å². The minimum absolute atomic E-state index is 0. The van der Waals surface area contributed by atoms with E-state index in [0.29, 0.717) is 5.41 Å². The van der Waals surface area contributed by atoms with Crippen molar-refractivity contribution in [2.75, 3.05) is 21.3 Å². The van der Waals surface area contributed by atoms with Crippen molar-refractivity contribution in [1.82, 2.24) is 6.15 Å². The lowest BCUT2D eigenvalue weighted by Gasteiger charge is -2.27. The van der Waals surface area contributed by atoms with Gasteiger partial charge in [0.25, 0.3) is 0 Å². The van der Waals surface area contributed by atoms with Gasteiger partial charge in [-0.15, -0.1) is 0 Å². The van der Waals surface area contributed by atoms with E-state index in [-0.39, 0.29) is 6.15 Å². The van der Waals surface area contributed by atoms with Gasteiger partial charge in [-0.25, -0.2) is 0 Å². The van der Waals surface area contributed by atoms with E-state index in [1.165, 1.54) is 0 Å². The van der Waals surface area contributed by atoms with Crippen molar-refractivity contribution in [2.45, 2.75) is 33.2 Å². The Hall–Kier alpha value is 0.0569. The predicted octanol–water partition coefficient (Wildman–Crippen LogP) is 2.46. The summed E-state index contributed by atoms with van der Waals surface area (Å²) in [6.07, 6.45) is 1.05. The summed E-state index contributed by atoms with van der Waals surface area (Å²) in [5.74, 6) is 0. The number of hydrogen-bond donors (Lipinski definition) is 1. The van der Waals surface area contributed by atoms with Gasteiger partial charge in [0.2, 0.25) is 0 Å². The molecule has 0 aliphatic carbocycles. The molecule has 5 heteroatoms. The van der Waals surface area contributed by atoms with Gasteiger partial charge in [-0.05, 0) is 11.8 Å². The molecule has 0 saturated heterocycles. The van der Waals surface area contributed by atoms with Crippen molar-refractivity contribution in [2.24, 2.45) is 5.41 Å². The molecule has 0 amide bonds. The molecule has 0 unspecified atom stereocenters. The van der Waals surface area contributed by atoms with E-state index in [2.05, 4.69) is 20.8 Å². The van der Waals surface area contributed by atoms with E-state index in [0.717, 1.165) is 12.5 Å². The third-order valence-electron chi connectivity index (χ3n) is 2.11. The first-order chi connectivity index (χ1) is 5.89. The van der Waals surface area contributed by atoms with Gasteiger partial charge in [-0.1, -0.05) is 20.8 Å². The lowest BCUT2D eigenvalue weighted by Crippen LogP contribution is -2.43. The van der Waals surface area contributed by atoms with Gasteiger partial charge in [0.15, 0.2) is 0 Å². The molecule has 0 bridgehead atoms. The SMILES string of the molecule is CO[Si](CCC(C)(C)C)(OC)OC.N. The van der Waals surface area contributed by atoms with Gasteiger partial charge >= 0.3 is 8.80 Å². The monoisotopic (exact) mass is 223 g/mol. The maximum Gasteiger partial charge on any atom is 0.500 e. The highest BCUT2D eigenvalue weighted by atomic mass is 28.4. The molecule has 0 aromatic heterocycles. The van der Waals surface area contributed by atoms with Crippen LogP contribution >= 0.6 is 0 Å². The molecule has 4 nitrogen and oxygen atoms in total. The minimum atomic E-state index is -2.33. The van der Waals surface area contributed by atoms with Crippen LogP contribution in [0.4, 0.5) is 0 Å². The van der Waals surface area contributed by atoms with Crippen molar-refractivity contribution in [3.63, 3.8) is 0 Å². The van der Waals surface area contributed by atoms with Crippen LogP contribution in [0.3, 0.4) is 0 Å². The first-order valence-corrected chi connectivity index (χ1v) is 6.48. The molecule has 0 heterocycles. The number of hydrogen-bond acceptors (Lipinski definition) is 4. The van der Waals surface area contributed by atoms with E-state index in [4.69, 9.17) is 13.3 Å². The molecule has 3 N–H and O–H groups in total. The second kappa shape index (κ2) is 6.52. The van der Waals surface area contributed by atoms with Crippen LogP contribution in [0, 0.1) is 5.41 Å². The van der Waals surface area contributed by atoms with Crippen molar-refractivity contribution in [3.8, 4) is 0 Å². The van der Waals surface area contributed by atoms with Crippen molar-refractivity contribution in [3.05, 3.63) is 0 Å². The highest BCUT2D eigenvalue weighted by Gasteiger charge is 2.38. The Bertz CT molecular complexity index is 135. The summed E-state index contributed by atoms with van der Waals surface area (Å²) in [7, 11) is 2.64. The van der Waals surface area contributed by atoms with Gasteiger partial charge in [-0.2, -0.15) is 0 Å². The first-order valence-electron chi connectivity index (χ1n) is 4.54. The fourth-order valence-electron chi connectivity index (χ4n) is 1.08. The standard InChI is InChI=1S/C9H22O3Si.H3N/c1-9(2,3)7-8-13(10-4,11-5)12-6;/h7-8H2,1-6H3;1H3. The Kier molecular flexibility index (Phi) is 7.68. The Morgan fingerprint density at radius 3 is 1.50 bits per heavy atom. The van der Waals surface area contributed by atoms with Crippen molar-refractivity contribution < 1.29 is 13.3 Å².